The van der Waals surface area contributed by atoms with Gasteiger partial charge in [0, 0.05) is 77.4 Å². The average Bonchev–Trinajstić information content (AvgIpc) is 2.37. The van der Waals surface area contributed by atoms with Crippen molar-refractivity contribution >= 4 is 43.6 Å². The van der Waals surface area contributed by atoms with Crippen molar-refractivity contribution in [1.29, 1.82) is 0 Å². The van der Waals surface area contributed by atoms with Crippen molar-refractivity contribution in [2.75, 3.05) is 0 Å². The van der Waals surface area contributed by atoms with E-state index in [1.165, 1.54) is 65.9 Å². The van der Waals surface area contributed by atoms with E-state index in [1.54, 1.807) is 0 Å². The summed E-state index contributed by atoms with van der Waals surface area (Å²) in [5.41, 5.74) is 24.1. The minimum Gasteiger partial charge on any atom is -0.309 e. The fourth-order valence-electron chi connectivity index (χ4n) is 12.5. The summed E-state index contributed by atoms with van der Waals surface area (Å²) in [7, 11) is 0. The first-order valence-corrected chi connectivity index (χ1v) is 28.7. The quantitative estimate of drug-likeness (QED) is 0.137. The molecule has 6 nitrogen and oxygen atoms in total. The van der Waals surface area contributed by atoms with Gasteiger partial charge in [0.1, 0.15) is 0 Å². The zero-order valence-electron chi connectivity index (χ0n) is 47.1. The topological polar surface area (TPSA) is 61.4 Å². The van der Waals surface area contributed by atoms with Crippen molar-refractivity contribution in [3.8, 4) is 101 Å². The van der Waals surface area contributed by atoms with Gasteiger partial charge in [0.2, 0.25) is 0 Å². The van der Waals surface area contributed by atoms with Crippen LogP contribution in [0.3, 0.4) is 0 Å². The number of aryl methyl sites for hydroxylation is 4. The monoisotopic (exact) mass is 1080 g/mol. The molecule has 0 unspecified atom stereocenters. The van der Waals surface area contributed by atoms with Crippen LogP contribution in [0.5, 0.6) is 0 Å². The molecule has 398 valence electrons. The van der Waals surface area contributed by atoms with Gasteiger partial charge in [-0.2, -0.15) is 0 Å². The van der Waals surface area contributed by atoms with Crippen LogP contribution < -0.4 is 0 Å². The van der Waals surface area contributed by atoms with Crippen molar-refractivity contribution in [2.24, 2.45) is 0 Å². The van der Waals surface area contributed by atoms with Crippen LogP contribution in [-0.4, -0.2) is 29.1 Å². The van der Waals surface area contributed by atoms with Gasteiger partial charge in [-0.15, -0.1) is 0 Å². The van der Waals surface area contributed by atoms with Crippen molar-refractivity contribution in [2.45, 2.75) is 27.7 Å². The first kappa shape index (κ1) is 50.2. The highest BCUT2D eigenvalue weighted by molar-refractivity contribution is 6.12. The van der Waals surface area contributed by atoms with Crippen LogP contribution in [0.2, 0.25) is 0 Å². The Morgan fingerprint density at radius 2 is 0.548 bits per heavy atom. The van der Waals surface area contributed by atoms with Crippen LogP contribution >= 0.6 is 0 Å². The van der Waals surface area contributed by atoms with Crippen molar-refractivity contribution < 1.29 is 0 Å². The average molecular weight is 1080 g/mol. The molecule has 0 N–H and O–H groups in total. The molecule has 84 heavy (non-hydrogen) atoms. The highest BCUT2D eigenvalue weighted by Crippen LogP contribution is 2.51. The minimum absolute atomic E-state index is 0.566. The molecule has 11 aromatic carbocycles. The number of fused-ring (bicyclic) bond motifs is 6. The van der Waals surface area contributed by atoms with Gasteiger partial charge in [-0.1, -0.05) is 216 Å². The molecule has 4 heterocycles. The van der Waals surface area contributed by atoms with E-state index in [-0.39, 0.29) is 0 Å². The summed E-state index contributed by atoms with van der Waals surface area (Å²) in [4.78, 5) is 21.9. The number of hydrogen-bond acceptors (Lipinski definition) is 4. The number of aromatic nitrogens is 6. The molecule has 0 saturated carbocycles. The molecule has 0 saturated heterocycles. The SMILES string of the molecule is Cc1ccc2c(c1)c1cc(C)ccc1n2-c1ccc(-c2nc(-c3ccccc3)c(-c3ccc(-n4c5ccc(C)cc5c5cc(C)ccc54)cc3)c(-c3ccccc3-c3nc(-c4ccccc4)nc(-c4ccccc4)n3)c2-c2ccccc2)cc1. The molecular formula is C78H56N6. The maximum atomic E-state index is 5.99. The largest absolute Gasteiger partial charge is 0.309 e. The molecule has 0 fully saturated rings. The molecular weight excluding hydrogens is 1020 g/mol. The number of pyridine rings is 1. The van der Waals surface area contributed by atoms with Gasteiger partial charge in [0.15, 0.2) is 17.5 Å². The van der Waals surface area contributed by atoms with Crippen LogP contribution in [0.4, 0.5) is 0 Å². The van der Waals surface area contributed by atoms with Gasteiger partial charge in [-0.25, -0.2) is 19.9 Å². The fraction of sp³-hybridized carbons (Fsp3) is 0.0513. The molecule has 15 aromatic rings. The molecule has 0 aliphatic carbocycles. The van der Waals surface area contributed by atoms with E-state index in [4.69, 9.17) is 19.9 Å². The lowest BCUT2D eigenvalue weighted by atomic mass is 9.82. The van der Waals surface area contributed by atoms with E-state index >= 15 is 0 Å². The molecule has 0 atom stereocenters. The standard InChI is InChI=1S/C78H56N6/c1-49-29-41-67-63(45-49)64-46-50(2)30-42-68(64)83(67)59-37-33-54(34-38-59)72-73(61-27-17-18-28-62(61)78-81-76(57-23-13-7-14-24-57)80-77(82-78)58-25-15-8-16-26-58)71(53-19-9-5-10-20-53)75(79-74(72)55-21-11-6-12-22-55)56-35-39-60(40-36-56)84-69-43-31-51(3)47-65(69)66-48-52(4)32-44-70(66)84/h5-48H,1-4H3. The van der Waals surface area contributed by atoms with Crippen LogP contribution in [-0.2, 0) is 0 Å². The molecule has 0 bridgehead atoms. The first-order chi connectivity index (χ1) is 41.3. The summed E-state index contributed by atoms with van der Waals surface area (Å²) in [6.45, 7) is 8.68. The Bertz CT molecular complexity index is 4830. The fourth-order valence-corrected chi connectivity index (χ4v) is 12.5. The number of benzene rings is 11. The summed E-state index contributed by atoms with van der Waals surface area (Å²) >= 11 is 0. The third-order valence-electron chi connectivity index (χ3n) is 16.4. The lowest BCUT2D eigenvalue weighted by molar-refractivity contribution is 1.07. The number of rotatable bonds is 10. The smallest absolute Gasteiger partial charge is 0.164 e. The van der Waals surface area contributed by atoms with E-state index in [0.29, 0.717) is 17.5 Å². The maximum absolute atomic E-state index is 5.99. The summed E-state index contributed by atoms with van der Waals surface area (Å²) in [6, 6.07) is 95.7. The molecule has 0 aliphatic rings. The normalized spacial score (nSPS) is 11.6. The maximum Gasteiger partial charge on any atom is 0.164 e. The van der Waals surface area contributed by atoms with Crippen LogP contribution in [0.25, 0.3) is 145 Å². The summed E-state index contributed by atoms with van der Waals surface area (Å²) in [6.07, 6.45) is 0. The predicted octanol–water partition coefficient (Wildman–Crippen LogP) is 20.0. The minimum atomic E-state index is 0.566. The van der Waals surface area contributed by atoms with Gasteiger partial charge < -0.3 is 9.13 Å². The van der Waals surface area contributed by atoms with E-state index in [0.717, 1.165) is 84.0 Å². The Hall–Kier alpha value is -10.8. The zero-order chi connectivity index (χ0) is 56.4. The third kappa shape index (κ3) is 8.75. The van der Waals surface area contributed by atoms with E-state index in [9.17, 15) is 0 Å². The van der Waals surface area contributed by atoms with Crippen LogP contribution in [0.1, 0.15) is 22.3 Å². The van der Waals surface area contributed by atoms with Gasteiger partial charge in [-0.05, 0) is 117 Å². The molecule has 15 rings (SSSR count). The Balaban J connectivity index is 1.03. The van der Waals surface area contributed by atoms with E-state index in [1.807, 2.05) is 36.4 Å². The van der Waals surface area contributed by atoms with Crippen molar-refractivity contribution in [3.05, 3.63) is 289 Å². The van der Waals surface area contributed by atoms with Gasteiger partial charge >= 0.3 is 0 Å². The molecule has 0 radical (unpaired) electrons. The summed E-state index contributed by atoms with van der Waals surface area (Å²) < 4.78 is 4.80. The van der Waals surface area contributed by atoms with Gasteiger partial charge in [-0.3, -0.25) is 0 Å². The third-order valence-corrected chi connectivity index (χ3v) is 16.4. The lowest BCUT2D eigenvalue weighted by Gasteiger charge is -2.25. The second kappa shape index (κ2) is 20.6. The first-order valence-electron chi connectivity index (χ1n) is 28.7. The Morgan fingerprint density at radius 1 is 0.238 bits per heavy atom. The summed E-state index contributed by atoms with van der Waals surface area (Å²) in [5, 5.41) is 4.98. The van der Waals surface area contributed by atoms with E-state index in [2.05, 4.69) is 267 Å². The van der Waals surface area contributed by atoms with Crippen molar-refractivity contribution in [1.82, 2.24) is 29.1 Å². The predicted molar refractivity (Wildman–Crippen MR) is 349 cm³/mol. The molecule has 6 heteroatoms. The lowest BCUT2D eigenvalue weighted by Crippen LogP contribution is -2.04. The molecule has 0 spiro atoms. The molecule has 0 aliphatic heterocycles. The van der Waals surface area contributed by atoms with Crippen LogP contribution in [0.15, 0.2) is 267 Å². The Kier molecular flexibility index (Phi) is 12.3. The van der Waals surface area contributed by atoms with Crippen molar-refractivity contribution in [3.63, 3.8) is 0 Å². The highest BCUT2D eigenvalue weighted by atomic mass is 15.0. The van der Waals surface area contributed by atoms with Gasteiger partial charge in [0.05, 0.1) is 33.5 Å². The van der Waals surface area contributed by atoms with E-state index < -0.39 is 0 Å². The zero-order valence-corrected chi connectivity index (χ0v) is 47.1. The molecule has 4 aromatic heterocycles. The number of nitrogens with zero attached hydrogens (tertiary/aromatic N) is 6. The summed E-state index contributed by atoms with van der Waals surface area (Å²) in [5.74, 6) is 1.76. The Labute approximate surface area is 488 Å². The molecule has 0 amide bonds. The highest BCUT2D eigenvalue weighted by Gasteiger charge is 2.28. The van der Waals surface area contributed by atoms with Crippen LogP contribution in [0, 0.1) is 27.7 Å². The second-order valence-corrected chi connectivity index (χ2v) is 22.1. The second-order valence-electron chi connectivity index (χ2n) is 22.1. The number of hydrogen-bond donors (Lipinski definition) is 0. The van der Waals surface area contributed by atoms with Gasteiger partial charge in [0.25, 0.3) is 0 Å². The Morgan fingerprint density at radius 3 is 0.952 bits per heavy atom.